The average Bonchev–Trinajstić information content (AvgIpc) is 2.77. The Kier molecular flexibility index (Phi) is 3.78. The zero-order chi connectivity index (χ0) is 11.4. The molecule has 3 heteroatoms. The fraction of sp³-hybridized carbons (Fsp3) is 0.308. The summed E-state index contributed by atoms with van der Waals surface area (Å²) in [6.07, 6.45) is 6.04. The van der Waals surface area contributed by atoms with Crippen LogP contribution in [0, 0.1) is 0 Å². The third-order valence-corrected chi connectivity index (χ3v) is 3.19. The van der Waals surface area contributed by atoms with Crippen LogP contribution in [-0.2, 0) is 11.8 Å². The molecular formula is C13H15BrN2. The summed E-state index contributed by atoms with van der Waals surface area (Å²) < 4.78 is 2.18. The molecule has 2 rings (SSSR count). The number of aryl methyl sites for hydroxylation is 1. The highest BCUT2D eigenvalue weighted by Crippen LogP contribution is 2.19. The Bertz CT molecular complexity index is 462. The van der Waals surface area contributed by atoms with E-state index in [1.165, 1.54) is 11.3 Å². The van der Waals surface area contributed by atoms with Gasteiger partial charge in [0.25, 0.3) is 0 Å². The van der Waals surface area contributed by atoms with Crippen molar-refractivity contribution in [2.24, 2.45) is 0 Å². The topological polar surface area (TPSA) is 17.8 Å². The molecule has 0 radical (unpaired) electrons. The normalized spacial score (nSPS) is 10.6. The maximum atomic E-state index is 4.41. The molecule has 1 aromatic heterocycles. The van der Waals surface area contributed by atoms with Crippen LogP contribution in [0.4, 0.5) is 0 Å². The maximum Gasteiger partial charge on any atom is 0.113 e. The van der Waals surface area contributed by atoms with E-state index in [-0.39, 0.29) is 0 Å². The third-order valence-electron chi connectivity index (χ3n) is 2.59. The van der Waals surface area contributed by atoms with Gasteiger partial charge in [0.05, 0.1) is 5.69 Å². The Labute approximate surface area is 104 Å². The quantitative estimate of drug-likeness (QED) is 0.780. The summed E-state index contributed by atoms with van der Waals surface area (Å²) in [5.74, 6) is 1.14. The molecule has 1 heterocycles. The highest BCUT2D eigenvalue weighted by Gasteiger charge is 2.07. The van der Waals surface area contributed by atoms with Crippen molar-refractivity contribution in [1.29, 1.82) is 0 Å². The van der Waals surface area contributed by atoms with E-state index >= 15 is 0 Å². The number of rotatable bonds is 4. The first-order valence-corrected chi connectivity index (χ1v) is 6.65. The highest BCUT2D eigenvalue weighted by atomic mass is 79.9. The molecule has 0 spiro atoms. The number of halogens is 1. The molecule has 0 N–H and O–H groups in total. The van der Waals surface area contributed by atoms with Crippen LogP contribution >= 0.6 is 15.9 Å². The van der Waals surface area contributed by atoms with E-state index in [1.807, 2.05) is 12.4 Å². The van der Waals surface area contributed by atoms with Crippen molar-refractivity contribution >= 4 is 15.9 Å². The first kappa shape index (κ1) is 11.4. The second kappa shape index (κ2) is 5.30. The molecule has 84 valence electrons. The van der Waals surface area contributed by atoms with Crippen LogP contribution in [0.5, 0.6) is 0 Å². The Morgan fingerprint density at radius 1 is 1.31 bits per heavy atom. The summed E-state index contributed by atoms with van der Waals surface area (Å²) in [4.78, 5) is 4.41. The van der Waals surface area contributed by atoms with Gasteiger partial charge in [0.15, 0.2) is 0 Å². The van der Waals surface area contributed by atoms with Gasteiger partial charge in [-0.15, -0.1) is 0 Å². The Balaban J connectivity index is 2.45. The van der Waals surface area contributed by atoms with Crippen LogP contribution in [0.3, 0.4) is 0 Å². The highest BCUT2D eigenvalue weighted by molar-refractivity contribution is 9.08. The molecule has 0 fully saturated rings. The van der Waals surface area contributed by atoms with Crippen LogP contribution in [0.15, 0.2) is 36.7 Å². The standard InChI is InChI=1S/C13H15BrN2/c1-2-5-13-15-8-9-16(13)12-7-4-3-6-11(12)10-14/h3-4,6-9H,2,5,10H2,1H3. The number of hydrogen-bond acceptors (Lipinski definition) is 1. The molecule has 2 nitrogen and oxygen atoms in total. The SMILES string of the molecule is CCCc1nccn1-c1ccccc1CBr. The largest absolute Gasteiger partial charge is 0.303 e. The van der Waals surface area contributed by atoms with Gasteiger partial charge in [0.2, 0.25) is 0 Å². The lowest BCUT2D eigenvalue weighted by Crippen LogP contribution is -2.02. The van der Waals surface area contributed by atoms with Gasteiger partial charge >= 0.3 is 0 Å². The van der Waals surface area contributed by atoms with E-state index in [4.69, 9.17) is 0 Å². The van der Waals surface area contributed by atoms with Crippen molar-refractivity contribution in [1.82, 2.24) is 9.55 Å². The van der Waals surface area contributed by atoms with Gasteiger partial charge in [-0.1, -0.05) is 41.1 Å². The minimum atomic E-state index is 0.868. The molecule has 0 aliphatic carbocycles. The summed E-state index contributed by atoms with van der Waals surface area (Å²) in [6.45, 7) is 2.18. The molecule has 2 aromatic rings. The van der Waals surface area contributed by atoms with Gasteiger partial charge in [0.1, 0.15) is 5.82 Å². The number of alkyl halides is 1. The van der Waals surface area contributed by atoms with E-state index in [1.54, 1.807) is 0 Å². The van der Waals surface area contributed by atoms with E-state index < -0.39 is 0 Å². The van der Waals surface area contributed by atoms with Gasteiger partial charge < -0.3 is 4.57 Å². The number of aromatic nitrogens is 2. The lowest BCUT2D eigenvalue weighted by molar-refractivity contribution is 0.807. The molecule has 0 atom stereocenters. The van der Waals surface area contributed by atoms with E-state index in [9.17, 15) is 0 Å². The van der Waals surface area contributed by atoms with E-state index in [0.29, 0.717) is 0 Å². The molecule has 0 amide bonds. The van der Waals surface area contributed by atoms with Gasteiger partial charge in [-0.2, -0.15) is 0 Å². The van der Waals surface area contributed by atoms with Gasteiger partial charge in [-0.3, -0.25) is 0 Å². The number of nitrogens with zero attached hydrogens (tertiary/aromatic N) is 2. The fourth-order valence-electron chi connectivity index (χ4n) is 1.82. The van der Waals surface area contributed by atoms with Crippen molar-refractivity contribution < 1.29 is 0 Å². The van der Waals surface area contributed by atoms with E-state index in [0.717, 1.165) is 24.0 Å². The predicted octanol–water partition coefficient (Wildman–Crippen LogP) is 3.72. The zero-order valence-electron chi connectivity index (χ0n) is 9.36. The van der Waals surface area contributed by atoms with Crippen LogP contribution in [-0.4, -0.2) is 9.55 Å². The van der Waals surface area contributed by atoms with Gasteiger partial charge in [0, 0.05) is 24.1 Å². The fourth-order valence-corrected chi connectivity index (χ4v) is 2.30. The first-order chi connectivity index (χ1) is 7.86. The van der Waals surface area contributed by atoms with Crippen molar-refractivity contribution in [3.8, 4) is 5.69 Å². The van der Waals surface area contributed by atoms with Crippen molar-refractivity contribution in [3.63, 3.8) is 0 Å². The molecule has 16 heavy (non-hydrogen) atoms. The molecule has 1 aromatic carbocycles. The summed E-state index contributed by atoms with van der Waals surface area (Å²) in [6, 6.07) is 8.41. The number of imidazole rings is 1. The summed E-state index contributed by atoms with van der Waals surface area (Å²) in [7, 11) is 0. The smallest absolute Gasteiger partial charge is 0.113 e. The van der Waals surface area contributed by atoms with Gasteiger partial charge in [-0.05, 0) is 18.1 Å². The third kappa shape index (κ3) is 2.19. The Morgan fingerprint density at radius 3 is 2.88 bits per heavy atom. The summed E-state index contributed by atoms with van der Waals surface area (Å²) >= 11 is 3.52. The van der Waals surface area contributed by atoms with Crippen LogP contribution in [0.2, 0.25) is 0 Å². The molecular weight excluding hydrogens is 264 g/mol. The molecule has 0 aliphatic rings. The molecule has 0 unspecified atom stereocenters. The van der Waals surface area contributed by atoms with Crippen LogP contribution < -0.4 is 0 Å². The molecule has 0 saturated carbocycles. The number of para-hydroxylation sites is 1. The van der Waals surface area contributed by atoms with Crippen molar-refractivity contribution in [2.45, 2.75) is 25.1 Å². The minimum absolute atomic E-state index is 0.868. The van der Waals surface area contributed by atoms with Crippen molar-refractivity contribution in [2.75, 3.05) is 0 Å². The summed E-state index contributed by atoms with van der Waals surface area (Å²) in [5.41, 5.74) is 2.51. The Morgan fingerprint density at radius 2 is 2.12 bits per heavy atom. The predicted molar refractivity (Wildman–Crippen MR) is 70.2 cm³/mol. The van der Waals surface area contributed by atoms with Crippen molar-refractivity contribution in [3.05, 3.63) is 48.0 Å². The number of hydrogen-bond donors (Lipinski definition) is 0. The number of benzene rings is 1. The second-order valence-corrected chi connectivity index (χ2v) is 4.29. The molecule has 0 aliphatic heterocycles. The van der Waals surface area contributed by atoms with Crippen LogP contribution in [0.25, 0.3) is 5.69 Å². The lowest BCUT2D eigenvalue weighted by atomic mass is 10.2. The summed E-state index contributed by atoms with van der Waals surface area (Å²) in [5, 5.41) is 0.868. The second-order valence-electron chi connectivity index (χ2n) is 3.73. The monoisotopic (exact) mass is 278 g/mol. The minimum Gasteiger partial charge on any atom is -0.303 e. The maximum absolute atomic E-state index is 4.41. The van der Waals surface area contributed by atoms with E-state index in [2.05, 4.69) is 56.7 Å². The van der Waals surface area contributed by atoms with Crippen LogP contribution in [0.1, 0.15) is 24.7 Å². The lowest BCUT2D eigenvalue weighted by Gasteiger charge is -2.11. The zero-order valence-corrected chi connectivity index (χ0v) is 10.9. The first-order valence-electron chi connectivity index (χ1n) is 5.53. The molecule has 0 bridgehead atoms. The Hall–Kier alpha value is -1.09. The molecule has 0 saturated heterocycles. The average molecular weight is 279 g/mol. The van der Waals surface area contributed by atoms with Gasteiger partial charge in [-0.25, -0.2) is 4.98 Å².